The van der Waals surface area contributed by atoms with Crippen molar-refractivity contribution in [3.05, 3.63) is 23.4 Å². The molecule has 1 N–H and O–H groups in total. The van der Waals surface area contributed by atoms with E-state index in [0.717, 1.165) is 6.08 Å². The Labute approximate surface area is 72.9 Å². The zero-order valence-corrected chi connectivity index (χ0v) is 6.84. The summed E-state index contributed by atoms with van der Waals surface area (Å²) < 4.78 is 36.2. The van der Waals surface area contributed by atoms with Crippen LogP contribution in [0, 0.1) is 5.92 Å². The summed E-state index contributed by atoms with van der Waals surface area (Å²) >= 11 is 5.47. The van der Waals surface area contributed by atoms with Crippen LogP contribution in [0.5, 0.6) is 0 Å². The summed E-state index contributed by atoms with van der Waals surface area (Å²) in [6, 6.07) is 0. The Morgan fingerprint density at radius 1 is 1.58 bits per heavy atom. The maximum atomic E-state index is 12.1. The lowest BCUT2D eigenvalue weighted by Gasteiger charge is -2.23. The first-order valence-electron chi connectivity index (χ1n) is 3.28. The Morgan fingerprint density at radius 2 is 2.17 bits per heavy atom. The molecule has 12 heavy (non-hydrogen) atoms. The maximum Gasteiger partial charge on any atom is 0.396 e. The van der Waals surface area contributed by atoms with Crippen LogP contribution in [-0.2, 0) is 0 Å². The number of hydrogen-bond acceptors (Lipinski definition) is 1. The molecule has 68 valence electrons. The topological polar surface area (TPSA) is 12.0 Å². The summed E-state index contributed by atoms with van der Waals surface area (Å²) in [5, 5.41) is 2.52. The fourth-order valence-electron chi connectivity index (χ4n) is 0.864. The van der Waals surface area contributed by atoms with Crippen molar-refractivity contribution in [3.8, 4) is 0 Å². The van der Waals surface area contributed by atoms with E-state index in [1.54, 1.807) is 0 Å². The largest absolute Gasteiger partial charge is 0.396 e. The van der Waals surface area contributed by atoms with Gasteiger partial charge in [0, 0.05) is 12.2 Å². The van der Waals surface area contributed by atoms with Gasteiger partial charge >= 0.3 is 6.18 Å². The van der Waals surface area contributed by atoms with Crippen LogP contribution < -0.4 is 5.32 Å². The van der Waals surface area contributed by atoms with Crippen LogP contribution in [-0.4, -0.2) is 12.7 Å². The van der Waals surface area contributed by atoms with Crippen molar-refractivity contribution < 1.29 is 13.2 Å². The first-order valence-corrected chi connectivity index (χ1v) is 3.66. The first-order chi connectivity index (χ1) is 5.41. The number of rotatable bonds is 0. The molecule has 1 aliphatic heterocycles. The summed E-state index contributed by atoms with van der Waals surface area (Å²) in [7, 11) is 0. The minimum Gasteiger partial charge on any atom is -0.383 e. The monoisotopic (exact) mass is 197 g/mol. The average Bonchev–Trinajstić information content (AvgIpc) is 1.92. The summed E-state index contributed by atoms with van der Waals surface area (Å²) in [5.41, 5.74) is 0.345. The quantitative estimate of drug-likeness (QED) is 0.629. The molecule has 5 heteroatoms. The van der Waals surface area contributed by atoms with Gasteiger partial charge in [-0.2, -0.15) is 13.2 Å². The SMILES string of the molecule is C=C1NC[C@@H](C(F)(F)F)C=C1Cl. The van der Waals surface area contributed by atoms with E-state index in [0.29, 0.717) is 5.70 Å². The second-order valence-electron chi connectivity index (χ2n) is 2.52. The summed E-state index contributed by atoms with van der Waals surface area (Å²) in [4.78, 5) is 0. The highest BCUT2D eigenvalue weighted by Crippen LogP contribution is 2.31. The lowest BCUT2D eigenvalue weighted by molar-refractivity contribution is -0.160. The zero-order valence-electron chi connectivity index (χ0n) is 6.08. The Morgan fingerprint density at radius 3 is 2.58 bits per heavy atom. The lowest BCUT2D eigenvalue weighted by atomic mass is 10.1. The molecule has 1 aliphatic rings. The summed E-state index contributed by atoms with van der Waals surface area (Å²) in [5.74, 6) is -1.50. The second-order valence-corrected chi connectivity index (χ2v) is 2.93. The van der Waals surface area contributed by atoms with E-state index in [2.05, 4.69) is 11.9 Å². The Kier molecular flexibility index (Phi) is 2.37. The minimum absolute atomic E-state index is 0.0450. The van der Waals surface area contributed by atoms with E-state index in [-0.39, 0.29) is 11.6 Å². The smallest absolute Gasteiger partial charge is 0.383 e. The molecule has 0 bridgehead atoms. The molecule has 0 aliphatic carbocycles. The molecule has 0 amide bonds. The summed E-state index contributed by atoms with van der Waals surface area (Å²) in [6.45, 7) is 3.25. The van der Waals surface area contributed by atoms with Gasteiger partial charge in [-0.15, -0.1) is 0 Å². The molecule has 1 rings (SSSR count). The molecule has 0 spiro atoms. The van der Waals surface area contributed by atoms with Crippen molar-refractivity contribution in [1.82, 2.24) is 5.32 Å². The van der Waals surface area contributed by atoms with Crippen LogP contribution in [0.4, 0.5) is 13.2 Å². The molecule has 1 atom stereocenters. The van der Waals surface area contributed by atoms with E-state index < -0.39 is 12.1 Å². The van der Waals surface area contributed by atoms with Crippen molar-refractivity contribution in [3.63, 3.8) is 0 Å². The maximum absolute atomic E-state index is 12.1. The molecule has 1 heterocycles. The molecule has 0 aromatic heterocycles. The van der Waals surface area contributed by atoms with Gasteiger partial charge in [0.15, 0.2) is 0 Å². The molecule has 0 fully saturated rings. The molecule has 0 radical (unpaired) electrons. The van der Waals surface area contributed by atoms with E-state index in [4.69, 9.17) is 11.6 Å². The number of allylic oxidation sites excluding steroid dienone is 1. The number of halogens is 4. The van der Waals surface area contributed by atoms with E-state index in [1.807, 2.05) is 0 Å². The lowest BCUT2D eigenvalue weighted by Crippen LogP contribution is -2.35. The molecule has 0 aromatic rings. The summed E-state index contributed by atoms with van der Waals surface area (Å²) in [6.07, 6.45) is -3.26. The Bertz CT molecular complexity index is 231. The van der Waals surface area contributed by atoms with Crippen molar-refractivity contribution in [2.75, 3.05) is 6.54 Å². The minimum atomic E-state index is -4.23. The van der Waals surface area contributed by atoms with Gasteiger partial charge in [0.2, 0.25) is 0 Å². The van der Waals surface area contributed by atoms with Crippen molar-refractivity contribution >= 4 is 11.6 Å². The average molecular weight is 198 g/mol. The van der Waals surface area contributed by atoms with Gasteiger partial charge in [-0.3, -0.25) is 0 Å². The first kappa shape index (κ1) is 9.45. The predicted molar refractivity (Wildman–Crippen MR) is 40.6 cm³/mol. The van der Waals surface area contributed by atoms with Gasteiger partial charge in [0.05, 0.1) is 11.0 Å². The molecular formula is C7H7ClF3N. The Hall–Kier alpha value is -0.640. The second kappa shape index (κ2) is 3.01. The van der Waals surface area contributed by atoms with Gasteiger partial charge in [-0.25, -0.2) is 0 Å². The van der Waals surface area contributed by atoms with E-state index in [1.165, 1.54) is 0 Å². The highest BCUT2D eigenvalue weighted by atomic mass is 35.5. The van der Waals surface area contributed by atoms with Crippen molar-refractivity contribution in [2.45, 2.75) is 6.18 Å². The molecule has 1 nitrogen and oxygen atoms in total. The van der Waals surface area contributed by atoms with Crippen LogP contribution in [0.25, 0.3) is 0 Å². The van der Waals surface area contributed by atoms with Gasteiger partial charge in [0.25, 0.3) is 0 Å². The molecule has 0 saturated heterocycles. The van der Waals surface area contributed by atoms with Crippen LogP contribution in [0.3, 0.4) is 0 Å². The third kappa shape index (κ3) is 1.94. The highest BCUT2D eigenvalue weighted by Gasteiger charge is 2.39. The number of hydrogen-bond donors (Lipinski definition) is 1. The van der Waals surface area contributed by atoms with Crippen LogP contribution in [0.1, 0.15) is 0 Å². The normalized spacial score (nSPS) is 24.8. The molecule has 0 saturated carbocycles. The molecular weight excluding hydrogens is 191 g/mol. The van der Waals surface area contributed by atoms with Crippen molar-refractivity contribution in [1.29, 1.82) is 0 Å². The Balaban J connectivity index is 2.80. The van der Waals surface area contributed by atoms with Gasteiger partial charge in [-0.05, 0) is 6.08 Å². The standard InChI is InChI=1S/C7H7ClF3N/c1-4-6(8)2-5(3-12-4)7(9,10)11/h2,5,12H,1,3H2/t5-/m0/s1. The van der Waals surface area contributed by atoms with E-state index >= 15 is 0 Å². The zero-order chi connectivity index (χ0) is 9.35. The van der Waals surface area contributed by atoms with Crippen molar-refractivity contribution in [2.24, 2.45) is 5.92 Å². The van der Waals surface area contributed by atoms with Gasteiger partial charge in [0.1, 0.15) is 0 Å². The predicted octanol–water partition coefficient (Wildman–Crippen LogP) is 2.40. The van der Waals surface area contributed by atoms with Crippen LogP contribution >= 0.6 is 11.6 Å². The fraction of sp³-hybridized carbons (Fsp3) is 0.429. The molecule has 0 aromatic carbocycles. The third-order valence-corrected chi connectivity index (χ3v) is 1.95. The van der Waals surface area contributed by atoms with Crippen LogP contribution in [0.2, 0.25) is 0 Å². The third-order valence-electron chi connectivity index (χ3n) is 1.59. The van der Waals surface area contributed by atoms with Gasteiger partial charge < -0.3 is 5.32 Å². The number of nitrogens with one attached hydrogen (secondary N) is 1. The van der Waals surface area contributed by atoms with Gasteiger partial charge in [-0.1, -0.05) is 18.2 Å². The van der Waals surface area contributed by atoms with Crippen LogP contribution in [0.15, 0.2) is 23.4 Å². The molecule has 0 unspecified atom stereocenters. The fourth-order valence-corrected chi connectivity index (χ4v) is 1.08. The highest BCUT2D eigenvalue weighted by molar-refractivity contribution is 6.31. The number of alkyl halides is 3. The van der Waals surface area contributed by atoms with E-state index in [9.17, 15) is 13.2 Å².